The SMILES string of the molecule is CC(C1CC1)n1ncc(C(=O)O)c1-c1ccccc1. The van der Waals surface area contributed by atoms with E-state index in [0.717, 1.165) is 5.56 Å². The molecule has 0 aliphatic heterocycles. The fourth-order valence-corrected chi connectivity index (χ4v) is 2.49. The van der Waals surface area contributed by atoms with Gasteiger partial charge >= 0.3 is 5.97 Å². The molecule has 0 bridgehead atoms. The van der Waals surface area contributed by atoms with Crippen LogP contribution in [0.4, 0.5) is 0 Å². The lowest BCUT2D eigenvalue weighted by molar-refractivity contribution is 0.0697. The fourth-order valence-electron chi connectivity index (χ4n) is 2.49. The number of carbonyl (C=O) groups is 1. The van der Waals surface area contributed by atoms with Gasteiger partial charge in [0.1, 0.15) is 5.56 Å². The number of benzene rings is 1. The number of nitrogens with zero attached hydrogens (tertiary/aromatic N) is 2. The summed E-state index contributed by atoms with van der Waals surface area (Å²) in [4.78, 5) is 11.4. The molecular formula is C15H16N2O2. The van der Waals surface area contributed by atoms with E-state index in [9.17, 15) is 9.90 Å². The third-order valence-electron chi connectivity index (χ3n) is 3.76. The van der Waals surface area contributed by atoms with Crippen LogP contribution in [0.2, 0.25) is 0 Å². The largest absolute Gasteiger partial charge is 0.478 e. The zero-order valence-electron chi connectivity index (χ0n) is 10.8. The number of aromatic carboxylic acids is 1. The molecule has 0 spiro atoms. The Labute approximate surface area is 111 Å². The van der Waals surface area contributed by atoms with E-state index in [2.05, 4.69) is 12.0 Å². The Bertz CT molecular complexity index is 600. The molecule has 1 aliphatic carbocycles. The Kier molecular flexibility index (Phi) is 2.85. The van der Waals surface area contributed by atoms with Crippen LogP contribution in [0.15, 0.2) is 36.5 Å². The highest BCUT2D eigenvalue weighted by molar-refractivity contribution is 5.94. The summed E-state index contributed by atoms with van der Waals surface area (Å²) in [5.74, 6) is -0.294. The second kappa shape index (κ2) is 4.53. The van der Waals surface area contributed by atoms with Crippen LogP contribution in [0.5, 0.6) is 0 Å². The van der Waals surface area contributed by atoms with E-state index < -0.39 is 5.97 Å². The van der Waals surface area contributed by atoms with Gasteiger partial charge < -0.3 is 5.11 Å². The second-order valence-electron chi connectivity index (χ2n) is 5.10. The van der Waals surface area contributed by atoms with Crippen LogP contribution in [0.3, 0.4) is 0 Å². The minimum atomic E-state index is -0.923. The van der Waals surface area contributed by atoms with Crippen LogP contribution in [0.25, 0.3) is 11.3 Å². The van der Waals surface area contributed by atoms with Crippen molar-refractivity contribution in [3.05, 3.63) is 42.1 Å². The smallest absolute Gasteiger partial charge is 0.339 e. The van der Waals surface area contributed by atoms with Crippen molar-refractivity contribution in [2.45, 2.75) is 25.8 Å². The summed E-state index contributed by atoms with van der Waals surface area (Å²) in [6, 6.07) is 9.87. The fraction of sp³-hybridized carbons (Fsp3) is 0.333. The van der Waals surface area contributed by atoms with Gasteiger partial charge in [-0.25, -0.2) is 4.79 Å². The summed E-state index contributed by atoms with van der Waals surface area (Å²) >= 11 is 0. The van der Waals surface area contributed by atoms with Crippen molar-refractivity contribution in [2.75, 3.05) is 0 Å². The lowest BCUT2D eigenvalue weighted by atomic mass is 10.1. The first-order valence-electron chi connectivity index (χ1n) is 6.54. The number of hydrogen-bond donors (Lipinski definition) is 1. The highest BCUT2D eigenvalue weighted by Crippen LogP contribution is 2.41. The highest BCUT2D eigenvalue weighted by Gasteiger charge is 2.32. The summed E-state index contributed by atoms with van der Waals surface area (Å²) in [7, 11) is 0. The maximum atomic E-state index is 11.4. The van der Waals surface area contributed by atoms with Gasteiger partial charge in [0.2, 0.25) is 0 Å². The molecule has 1 aliphatic rings. The molecule has 1 fully saturated rings. The predicted molar refractivity (Wildman–Crippen MR) is 72.1 cm³/mol. The molecule has 0 saturated heterocycles. The molecule has 3 rings (SSSR count). The summed E-state index contributed by atoms with van der Waals surface area (Å²) in [5.41, 5.74) is 1.90. The van der Waals surface area contributed by atoms with Gasteiger partial charge in [-0.2, -0.15) is 5.10 Å². The molecule has 4 nitrogen and oxygen atoms in total. The van der Waals surface area contributed by atoms with Crippen molar-refractivity contribution < 1.29 is 9.90 Å². The molecule has 1 unspecified atom stereocenters. The van der Waals surface area contributed by atoms with Gasteiger partial charge in [0.15, 0.2) is 0 Å². The average molecular weight is 256 g/mol. The molecule has 4 heteroatoms. The Balaban J connectivity index is 2.13. The van der Waals surface area contributed by atoms with E-state index >= 15 is 0 Å². The van der Waals surface area contributed by atoms with Gasteiger partial charge in [-0.05, 0) is 25.7 Å². The average Bonchev–Trinajstić information content (AvgIpc) is 3.16. The zero-order valence-corrected chi connectivity index (χ0v) is 10.8. The highest BCUT2D eigenvalue weighted by atomic mass is 16.4. The number of carboxylic acids is 1. The summed E-state index contributed by atoms with van der Waals surface area (Å²) in [6.45, 7) is 2.11. The minimum absolute atomic E-state index is 0.253. The number of carboxylic acid groups (broad SMARTS) is 1. The molecule has 98 valence electrons. The molecule has 1 N–H and O–H groups in total. The van der Waals surface area contributed by atoms with Crippen molar-refractivity contribution in [3.8, 4) is 11.3 Å². The summed E-state index contributed by atoms with van der Waals surface area (Å²) < 4.78 is 1.87. The Hall–Kier alpha value is -2.10. The van der Waals surface area contributed by atoms with Gasteiger partial charge in [0, 0.05) is 5.56 Å². The quantitative estimate of drug-likeness (QED) is 0.913. The maximum absolute atomic E-state index is 11.4. The maximum Gasteiger partial charge on any atom is 0.339 e. The third-order valence-corrected chi connectivity index (χ3v) is 3.76. The molecule has 1 heterocycles. The first-order valence-corrected chi connectivity index (χ1v) is 6.54. The van der Waals surface area contributed by atoms with Gasteiger partial charge in [-0.1, -0.05) is 30.3 Å². The van der Waals surface area contributed by atoms with Gasteiger partial charge in [0.05, 0.1) is 17.9 Å². The predicted octanol–water partition coefficient (Wildman–Crippen LogP) is 3.22. The van der Waals surface area contributed by atoms with Crippen molar-refractivity contribution in [3.63, 3.8) is 0 Å². The van der Waals surface area contributed by atoms with Crippen LogP contribution in [0.1, 0.15) is 36.2 Å². The van der Waals surface area contributed by atoms with Crippen molar-refractivity contribution in [1.82, 2.24) is 9.78 Å². The molecule has 19 heavy (non-hydrogen) atoms. The van der Waals surface area contributed by atoms with E-state index in [1.54, 1.807) is 0 Å². The van der Waals surface area contributed by atoms with Crippen LogP contribution in [-0.2, 0) is 0 Å². The Morgan fingerprint density at radius 2 is 2.05 bits per heavy atom. The first kappa shape index (κ1) is 12.0. The normalized spacial score (nSPS) is 16.3. The lowest BCUT2D eigenvalue weighted by Gasteiger charge is -2.15. The van der Waals surface area contributed by atoms with E-state index in [-0.39, 0.29) is 11.6 Å². The van der Waals surface area contributed by atoms with E-state index in [4.69, 9.17) is 0 Å². The topological polar surface area (TPSA) is 55.1 Å². The molecule has 1 saturated carbocycles. The van der Waals surface area contributed by atoms with Gasteiger partial charge in [-0.3, -0.25) is 4.68 Å². The number of hydrogen-bond acceptors (Lipinski definition) is 2. The lowest BCUT2D eigenvalue weighted by Crippen LogP contribution is -2.11. The third kappa shape index (κ3) is 2.14. The Morgan fingerprint density at radius 1 is 1.37 bits per heavy atom. The molecular weight excluding hydrogens is 240 g/mol. The van der Waals surface area contributed by atoms with Gasteiger partial charge in [0.25, 0.3) is 0 Å². The molecule has 0 radical (unpaired) electrons. The van der Waals surface area contributed by atoms with Crippen LogP contribution < -0.4 is 0 Å². The van der Waals surface area contributed by atoms with Gasteiger partial charge in [-0.15, -0.1) is 0 Å². The molecule has 1 atom stereocenters. The standard InChI is InChI=1S/C15H16N2O2/c1-10(11-7-8-11)17-14(12-5-3-2-4-6-12)13(9-16-17)15(18)19/h2-6,9-11H,7-8H2,1H3,(H,18,19). The molecule has 2 aromatic rings. The van der Waals surface area contributed by atoms with Crippen molar-refractivity contribution in [2.24, 2.45) is 5.92 Å². The number of aromatic nitrogens is 2. The number of rotatable bonds is 4. The second-order valence-corrected chi connectivity index (χ2v) is 5.10. The van der Waals surface area contributed by atoms with E-state index in [0.29, 0.717) is 11.6 Å². The minimum Gasteiger partial charge on any atom is -0.478 e. The van der Waals surface area contributed by atoms with Crippen LogP contribution in [-0.4, -0.2) is 20.9 Å². The monoisotopic (exact) mass is 256 g/mol. The molecule has 1 aromatic carbocycles. The van der Waals surface area contributed by atoms with Crippen LogP contribution in [0, 0.1) is 5.92 Å². The first-order chi connectivity index (χ1) is 9.18. The molecule has 1 aromatic heterocycles. The van der Waals surface area contributed by atoms with Crippen molar-refractivity contribution >= 4 is 5.97 Å². The van der Waals surface area contributed by atoms with E-state index in [1.165, 1.54) is 19.0 Å². The van der Waals surface area contributed by atoms with Crippen LogP contribution >= 0.6 is 0 Å². The Morgan fingerprint density at radius 3 is 2.63 bits per heavy atom. The summed E-state index contributed by atoms with van der Waals surface area (Å²) in [5, 5.41) is 13.6. The summed E-state index contributed by atoms with van der Waals surface area (Å²) in [6.07, 6.45) is 3.87. The van der Waals surface area contributed by atoms with Crippen molar-refractivity contribution in [1.29, 1.82) is 0 Å². The van der Waals surface area contributed by atoms with E-state index in [1.807, 2.05) is 35.0 Å². The molecule has 0 amide bonds. The zero-order chi connectivity index (χ0) is 13.4.